The Labute approximate surface area is 500 Å². The molecule has 0 aliphatic heterocycles. The quantitative estimate of drug-likeness (QED) is 0.0320. The summed E-state index contributed by atoms with van der Waals surface area (Å²) in [6.45, 7) is 4.94. The van der Waals surface area contributed by atoms with Crippen LogP contribution in [0.3, 0.4) is 0 Å². The van der Waals surface area contributed by atoms with E-state index in [1.807, 2.05) is 6.08 Å². The monoisotopic (exact) mass is 1120 g/mol. The lowest BCUT2D eigenvalue weighted by Gasteiger charge is -2.20. The summed E-state index contributed by atoms with van der Waals surface area (Å²) in [6.07, 6.45) is 89.5. The second-order valence-electron chi connectivity index (χ2n) is 24.9. The second-order valence-corrected chi connectivity index (χ2v) is 24.9. The first kappa shape index (κ1) is 78.1. The number of carbonyl (C=O) groups excluding carboxylic acids is 2. The van der Waals surface area contributed by atoms with Crippen molar-refractivity contribution in [1.29, 1.82) is 0 Å². The number of esters is 1. The van der Waals surface area contributed by atoms with Gasteiger partial charge in [0.2, 0.25) is 5.91 Å². The molecule has 0 aromatic rings. The number of amides is 1. The Morgan fingerprint density at radius 3 is 0.950 bits per heavy atom. The first-order chi connectivity index (χ1) is 39.5. The van der Waals surface area contributed by atoms with Crippen LogP contribution >= 0.6 is 0 Å². The molecule has 80 heavy (non-hydrogen) atoms. The van der Waals surface area contributed by atoms with Crippen molar-refractivity contribution >= 4 is 11.9 Å². The summed E-state index contributed by atoms with van der Waals surface area (Å²) >= 11 is 0. The molecule has 0 radical (unpaired) electrons. The standard InChI is InChI=1S/C74H141NO5/c1-3-5-7-9-11-13-15-17-18-36-39-43-46-50-54-58-62-66-72(77)71(70-76)75-73(78)67-63-59-55-51-47-44-40-37-34-32-30-28-26-24-22-20-19-21-23-25-27-29-31-33-35-38-41-45-49-53-57-61-65-69-80-74(79)68-64-60-56-52-48-42-16-14-12-10-8-6-4-2/h23,25,29,31,62,66,71-72,76-77H,3-22,24,26-28,30,32-61,63-65,67-70H2,1-2H3,(H,75,78)/b25-23-,31-29-,66-62+. The minimum absolute atomic E-state index is 0.0159. The van der Waals surface area contributed by atoms with Crippen LogP contribution in [0.5, 0.6) is 0 Å². The fourth-order valence-electron chi connectivity index (χ4n) is 11.4. The average molecular weight is 1120 g/mol. The highest BCUT2D eigenvalue weighted by molar-refractivity contribution is 5.76. The van der Waals surface area contributed by atoms with E-state index >= 15 is 0 Å². The van der Waals surface area contributed by atoms with Crippen LogP contribution in [0.15, 0.2) is 36.5 Å². The Hall–Kier alpha value is -1.92. The highest BCUT2D eigenvalue weighted by atomic mass is 16.5. The molecule has 0 aromatic carbocycles. The largest absolute Gasteiger partial charge is 0.466 e. The van der Waals surface area contributed by atoms with E-state index in [0.717, 1.165) is 44.9 Å². The number of rotatable bonds is 68. The molecule has 1 amide bonds. The van der Waals surface area contributed by atoms with E-state index in [1.54, 1.807) is 6.08 Å². The number of unbranched alkanes of at least 4 members (excludes halogenated alkanes) is 53. The number of hydrogen-bond acceptors (Lipinski definition) is 5. The van der Waals surface area contributed by atoms with Crippen LogP contribution in [-0.2, 0) is 14.3 Å². The van der Waals surface area contributed by atoms with Gasteiger partial charge in [0.15, 0.2) is 0 Å². The van der Waals surface area contributed by atoms with Crippen molar-refractivity contribution < 1.29 is 24.5 Å². The number of allylic oxidation sites excluding steroid dienone is 5. The summed E-state index contributed by atoms with van der Waals surface area (Å²) < 4.78 is 5.48. The van der Waals surface area contributed by atoms with Crippen molar-refractivity contribution in [3.63, 3.8) is 0 Å². The molecule has 0 rings (SSSR count). The maximum Gasteiger partial charge on any atom is 0.305 e. The van der Waals surface area contributed by atoms with Gasteiger partial charge in [0.05, 0.1) is 25.4 Å². The third kappa shape index (κ3) is 65.2. The summed E-state index contributed by atoms with van der Waals surface area (Å²) in [5, 5.41) is 23.2. The van der Waals surface area contributed by atoms with Gasteiger partial charge in [0, 0.05) is 12.8 Å². The molecule has 6 heteroatoms. The zero-order chi connectivity index (χ0) is 57.8. The van der Waals surface area contributed by atoms with Gasteiger partial charge in [0.1, 0.15) is 0 Å². The number of hydrogen-bond donors (Lipinski definition) is 3. The van der Waals surface area contributed by atoms with E-state index in [9.17, 15) is 19.8 Å². The van der Waals surface area contributed by atoms with Crippen molar-refractivity contribution in [2.24, 2.45) is 0 Å². The Balaban J connectivity index is 3.39. The lowest BCUT2D eigenvalue weighted by Crippen LogP contribution is -2.45. The highest BCUT2D eigenvalue weighted by Crippen LogP contribution is 2.19. The average Bonchev–Trinajstić information content (AvgIpc) is 3.46. The summed E-state index contributed by atoms with van der Waals surface area (Å²) in [7, 11) is 0. The van der Waals surface area contributed by atoms with E-state index in [0.29, 0.717) is 19.4 Å². The molecule has 472 valence electrons. The Bertz CT molecular complexity index is 1300. The van der Waals surface area contributed by atoms with Crippen LogP contribution in [0.2, 0.25) is 0 Å². The second kappa shape index (κ2) is 69.6. The van der Waals surface area contributed by atoms with Gasteiger partial charge in [-0.2, -0.15) is 0 Å². The first-order valence-electron chi connectivity index (χ1n) is 36.3. The number of nitrogens with one attached hydrogen (secondary N) is 1. The molecule has 0 aromatic heterocycles. The molecule has 0 spiro atoms. The number of ether oxygens (including phenoxy) is 1. The van der Waals surface area contributed by atoms with Gasteiger partial charge >= 0.3 is 5.97 Å². The number of aliphatic hydroxyl groups excluding tert-OH is 2. The normalized spacial score (nSPS) is 12.7. The summed E-state index contributed by atoms with van der Waals surface area (Å²) in [5.41, 5.74) is 0. The molecule has 0 saturated carbocycles. The van der Waals surface area contributed by atoms with Gasteiger partial charge in [-0.05, 0) is 64.2 Å². The molecule has 0 aliphatic rings. The molecule has 3 N–H and O–H groups in total. The Morgan fingerprint density at radius 1 is 0.350 bits per heavy atom. The van der Waals surface area contributed by atoms with Gasteiger partial charge in [-0.3, -0.25) is 9.59 Å². The van der Waals surface area contributed by atoms with Gasteiger partial charge in [0.25, 0.3) is 0 Å². The van der Waals surface area contributed by atoms with Crippen molar-refractivity contribution in [1.82, 2.24) is 5.32 Å². The number of carbonyl (C=O) groups is 2. The fraction of sp³-hybridized carbons (Fsp3) is 0.892. The van der Waals surface area contributed by atoms with Gasteiger partial charge in [-0.1, -0.05) is 359 Å². The Kier molecular flexibility index (Phi) is 67.9. The lowest BCUT2D eigenvalue weighted by atomic mass is 10.0. The topological polar surface area (TPSA) is 95.9 Å². The fourth-order valence-corrected chi connectivity index (χ4v) is 11.4. The van der Waals surface area contributed by atoms with Gasteiger partial charge in [-0.15, -0.1) is 0 Å². The predicted octanol–water partition coefficient (Wildman–Crippen LogP) is 23.5. The molecule has 2 unspecified atom stereocenters. The molecule has 2 atom stereocenters. The van der Waals surface area contributed by atoms with Crippen molar-refractivity contribution in [3.05, 3.63) is 36.5 Å². The molecule has 0 fully saturated rings. The van der Waals surface area contributed by atoms with Crippen LogP contribution in [-0.4, -0.2) is 47.4 Å². The van der Waals surface area contributed by atoms with Crippen LogP contribution in [0.25, 0.3) is 0 Å². The summed E-state index contributed by atoms with van der Waals surface area (Å²) in [6, 6.07) is -0.627. The van der Waals surface area contributed by atoms with Crippen LogP contribution < -0.4 is 5.32 Å². The molecule has 0 heterocycles. The van der Waals surface area contributed by atoms with Crippen molar-refractivity contribution in [2.75, 3.05) is 13.2 Å². The van der Waals surface area contributed by atoms with Crippen molar-refractivity contribution in [3.8, 4) is 0 Å². The molecular weight excluding hydrogens is 983 g/mol. The lowest BCUT2D eigenvalue weighted by molar-refractivity contribution is -0.143. The highest BCUT2D eigenvalue weighted by Gasteiger charge is 2.18. The smallest absolute Gasteiger partial charge is 0.305 e. The SMILES string of the molecule is CCCCCCCCCCCCCCCCC/C=C/C(O)C(CO)NC(=O)CCCCCCCCCCCCCCCCCCC/C=C\C/C=C\CCCCCCCCCCCOC(=O)CCCCCCCCCCCCCCC. The molecule has 0 saturated heterocycles. The maximum absolute atomic E-state index is 12.5. The summed E-state index contributed by atoms with van der Waals surface area (Å²) in [4.78, 5) is 24.5. The number of aliphatic hydroxyl groups is 2. The predicted molar refractivity (Wildman–Crippen MR) is 352 cm³/mol. The van der Waals surface area contributed by atoms with Crippen LogP contribution in [0.4, 0.5) is 0 Å². The van der Waals surface area contributed by atoms with Gasteiger partial charge in [-0.25, -0.2) is 0 Å². The summed E-state index contributed by atoms with van der Waals surface area (Å²) in [5.74, 6) is -0.0473. The van der Waals surface area contributed by atoms with Crippen molar-refractivity contribution in [2.45, 2.75) is 411 Å². The minimum Gasteiger partial charge on any atom is -0.466 e. The molecular formula is C74H141NO5. The molecule has 6 nitrogen and oxygen atoms in total. The van der Waals surface area contributed by atoms with Gasteiger partial charge < -0.3 is 20.3 Å². The third-order valence-electron chi connectivity index (χ3n) is 16.9. The van der Waals surface area contributed by atoms with Crippen LogP contribution in [0.1, 0.15) is 399 Å². The molecule has 0 aliphatic carbocycles. The van der Waals surface area contributed by atoms with E-state index in [1.165, 1.54) is 327 Å². The zero-order valence-corrected chi connectivity index (χ0v) is 54.1. The van der Waals surface area contributed by atoms with E-state index in [4.69, 9.17) is 4.74 Å². The minimum atomic E-state index is -0.843. The van der Waals surface area contributed by atoms with E-state index < -0.39 is 12.1 Å². The third-order valence-corrected chi connectivity index (χ3v) is 16.9. The zero-order valence-electron chi connectivity index (χ0n) is 54.1. The van der Waals surface area contributed by atoms with E-state index in [-0.39, 0.29) is 18.5 Å². The Morgan fingerprint density at radius 2 is 0.625 bits per heavy atom. The molecule has 0 bridgehead atoms. The first-order valence-corrected chi connectivity index (χ1v) is 36.3. The van der Waals surface area contributed by atoms with E-state index in [2.05, 4.69) is 43.5 Å². The maximum atomic E-state index is 12.5. The van der Waals surface area contributed by atoms with Crippen LogP contribution in [0, 0.1) is 0 Å².